The maximum absolute atomic E-state index is 12.3. The van der Waals surface area contributed by atoms with Gasteiger partial charge < -0.3 is 10.3 Å². The van der Waals surface area contributed by atoms with E-state index in [0.29, 0.717) is 0 Å². The van der Waals surface area contributed by atoms with Crippen molar-refractivity contribution in [2.24, 2.45) is 17.8 Å². The van der Waals surface area contributed by atoms with Crippen LogP contribution in [0.5, 0.6) is 0 Å². The first-order chi connectivity index (χ1) is 9.20. The van der Waals surface area contributed by atoms with Crippen LogP contribution < -0.4 is 5.32 Å². The van der Waals surface area contributed by atoms with Crippen LogP contribution in [0.3, 0.4) is 0 Å². The Morgan fingerprint density at radius 2 is 2.11 bits per heavy atom. The molecule has 4 rings (SSSR count). The van der Waals surface area contributed by atoms with E-state index in [4.69, 9.17) is 0 Å². The molecular weight excluding hydrogens is 238 g/mol. The number of nitrogens with zero attached hydrogens (tertiary/aromatic N) is 1. The lowest BCUT2D eigenvalue weighted by Crippen LogP contribution is -2.21. The highest BCUT2D eigenvalue weighted by Crippen LogP contribution is 2.54. The Morgan fingerprint density at radius 1 is 1.32 bits per heavy atom. The number of aromatic nitrogens is 2. The van der Waals surface area contributed by atoms with Gasteiger partial charge in [-0.05, 0) is 55.7 Å². The van der Waals surface area contributed by atoms with E-state index in [9.17, 15) is 4.79 Å². The van der Waals surface area contributed by atoms with Crippen molar-refractivity contribution in [1.82, 2.24) is 9.97 Å². The summed E-state index contributed by atoms with van der Waals surface area (Å²) in [6, 6.07) is 4.04. The molecule has 1 aromatic heterocycles. The fraction of sp³-hybridized carbons (Fsp3) is 0.467. The van der Waals surface area contributed by atoms with Gasteiger partial charge in [-0.15, -0.1) is 0 Å². The number of H-pyrrole nitrogens is 1. The van der Waals surface area contributed by atoms with Crippen molar-refractivity contribution in [2.45, 2.75) is 26.2 Å². The van der Waals surface area contributed by atoms with Crippen molar-refractivity contribution in [3.8, 4) is 0 Å². The Bertz CT molecular complexity index is 650. The molecule has 2 aliphatic carbocycles. The van der Waals surface area contributed by atoms with Gasteiger partial charge in [0, 0.05) is 5.92 Å². The molecule has 0 spiro atoms. The maximum Gasteiger partial charge on any atom is 0.227 e. The average Bonchev–Trinajstić information content (AvgIpc) is 2.80. The molecule has 2 unspecified atom stereocenters. The fourth-order valence-electron chi connectivity index (χ4n) is 3.45. The van der Waals surface area contributed by atoms with Gasteiger partial charge in [0.15, 0.2) is 0 Å². The molecule has 2 fully saturated rings. The summed E-state index contributed by atoms with van der Waals surface area (Å²) in [5.74, 6) is 2.04. The number of carbonyl (C=O) groups excluding carboxylic acids is 1. The molecule has 1 aromatic carbocycles. The largest absolute Gasteiger partial charge is 0.345 e. The number of carbonyl (C=O) groups is 1. The zero-order chi connectivity index (χ0) is 13.0. The third-order valence-electron chi connectivity index (χ3n) is 4.54. The molecule has 1 amide bonds. The van der Waals surface area contributed by atoms with E-state index < -0.39 is 0 Å². The van der Waals surface area contributed by atoms with Crippen LogP contribution in [0, 0.1) is 24.7 Å². The first kappa shape index (κ1) is 11.0. The first-order valence-corrected chi connectivity index (χ1v) is 6.95. The van der Waals surface area contributed by atoms with Crippen molar-refractivity contribution in [1.29, 1.82) is 0 Å². The minimum absolute atomic E-state index is 0.169. The predicted octanol–water partition coefficient (Wildman–Crippen LogP) is 2.86. The Balaban J connectivity index is 1.60. The number of amides is 1. The molecule has 2 aromatic rings. The van der Waals surface area contributed by atoms with Crippen LogP contribution in [0.4, 0.5) is 5.69 Å². The summed E-state index contributed by atoms with van der Waals surface area (Å²) in [7, 11) is 0. The minimum atomic E-state index is 0.169. The van der Waals surface area contributed by atoms with Crippen molar-refractivity contribution < 1.29 is 4.79 Å². The van der Waals surface area contributed by atoms with Crippen molar-refractivity contribution in [3.05, 3.63) is 24.0 Å². The number of hydrogen-bond donors (Lipinski definition) is 2. The predicted molar refractivity (Wildman–Crippen MR) is 73.8 cm³/mol. The minimum Gasteiger partial charge on any atom is -0.345 e. The second-order valence-electron chi connectivity index (χ2n) is 6.02. The zero-order valence-corrected chi connectivity index (χ0v) is 10.9. The van der Waals surface area contributed by atoms with E-state index in [1.165, 1.54) is 6.42 Å². The molecule has 4 nitrogen and oxygen atoms in total. The van der Waals surface area contributed by atoms with E-state index in [-0.39, 0.29) is 11.8 Å². The van der Waals surface area contributed by atoms with E-state index in [2.05, 4.69) is 15.3 Å². The number of imidazole rings is 1. The van der Waals surface area contributed by atoms with Crippen molar-refractivity contribution >= 4 is 22.6 Å². The lowest BCUT2D eigenvalue weighted by Gasteiger charge is -2.13. The van der Waals surface area contributed by atoms with E-state index in [1.807, 2.05) is 19.1 Å². The molecule has 2 aliphatic rings. The Morgan fingerprint density at radius 3 is 2.89 bits per heavy atom. The van der Waals surface area contributed by atoms with Gasteiger partial charge in [-0.2, -0.15) is 0 Å². The van der Waals surface area contributed by atoms with Gasteiger partial charge >= 0.3 is 0 Å². The summed E-state index contributed by atoms with van der Waals surface area (Å²) in [6.07, 6.45) is 5.17. The van der Waals surface area contributed by atoms with Gasteiger partial charge in [-0.1, -0.05) is 0 Å². The maximum atomic E-state index is 12.3. The van der Waals surface area contributed by atoms with Gasteiger partial charge in [0.05, 0.1) is 17.5 Å². The second kappa shape index (κ2) is 3.83. The van der Waals surface area contributed by atoms with Crippen LogP contribution in [-0.2, 0) is 4.79 Å². The first-order valence-electron chi connectivity index (χ1n) is 6.95. The zero-order valence-electron chi connectivity index (χ0n) is 10.9. The number of benzene rings is 1. The molecule has 2 N–H and O–H groups in total. The van der Waals surface area contributed by atoms with Gasteiger partial charge in [0.1, 0.15) is 5.52 Å². The highest BCUT2D eigenvalue weighted by molar-refractivity contribution is 6.00. The van der Waals surface area contributed by atoms with Crippen LogP contribution >= 0.6 is 0 Å². The van der Waals surface area contributed by atoms with Crippen LogP contribution in [0.15, 0.2) is 18.5 Å². The summed E-state index contributed by atoms with van der Waals surface area (Å²) in [4.78, 5) is 19.7. The average molecular weight is 255 g/mol. The van der Waals surface area contributed by atoms with Gasteiger partial charge in [0.2, 0.25) is 5.91 Å². The third-order valence-corrected chi connectivity index (χ3v) is 4.54. The number of hydrogen-bond acceptors (Lipinski definition) is 2. The SMILES string of the molecule is Cc1cc(NC(=O)C2CC3CC3C2)c2nc[nH]c2c1. The Labute approximate surface area is 111 Å². The molecule has 2 saturated carbocycles. The van der Waals surface area contributed by atoms with E-state index in [1.54, 1.807) is 6.33 Å². The van der Waals surface area contributed by atoms with Crippen LogP contribution in [0.2, 0.25) is 0 Å². The number of fused-ring (bicyclic) bond motifs is 2. The fourth-order valence-corrected chi connectivity index (χ4v) is 3.45. The van der Waals surface area contributed by atoms with E-state index >= 15 is 0 Å². The van der Waals surface area contributed by atoms with Crippen LogP contribution in [-0.4, -0.2) is 15.9 Å². The van der Waals surface area contributed by atoms with Gasteiger partial charge in [-0.3, -0.25) is 4.79 Å². The Kier molecular flexibility index (Phi) is 2.22. The summed E-state index contributed by atoms with van der Waals surface area (Å²) in [5.41, 5.74) is 3.79. The smallest absolute Gasteiger partial charge is 0.227 e. The molecule has 4 heteroatoms. The molecule has 19 heavy (non-hydrogen) atoms. The van der Waals surface area contributed by atoms with Crippen molar-refractivity contribution in [3.63, 3.8) is 0 Å². The number of aryl methyl sites for hydroxylation is 1. The molecule has 98 valence electrons. The number of rotatable bonds is 2. The molecule has 0 saturated heterocycles. The highest BCUT2D eigenvalue weighted by atomic mass is 16.1. The van der Waals surface area contributed by atoms with Crippen LogP contribution in [0.1, 0.15) is 24.8 Å². The summed E-state index contributed by atoms with van der Waals surface area (Å²) >= 11 is 0. The normalized spacial score (nSPS) is 28.4. The van der Waals surface area contributed by atoms with Crippen LogP contribution in [0.25, 0.3) is 11.0 Å². The number of nitrogens with one attached hydrogen (secondary N) is 2. The topological polar surface area (TPSA) is 57.8 Å². The Hall–Kier alpha value is -1.84. The third kappa shape index (κ3) is 1.82. The standard InChI is InChI=1S/C15H17N3O/c1-8-2-12-14(17-7-16-12)13(3-8)18-15(19)11-5-9-4-10(9)6-11/h2-3,7,9-11H,4-6H2,1H3,(H,16,17)(H,18,19). The molecule has 2 atom stereocenters. The lowest BCUT2D eigenvalue weighted by molar-refractivity contribution is -0.119. The summed E-state index contributed by atoms with van der Waals surface area (Å²) < 4.78 is 0. The second-order valence-corrected chi connectivity index (χ2v) is 6.02. The quantitative estimate of drug-likeness (QED) is 0.867. The number of aromatic amines is 1. The van der Waals surface area contributed by atoms with Gasteiger partial charge in [-0.25, -0.2) is 4.98 Å². The summed E-state index contributed by atoms with van der Waals surface area (Å²) in [5, 5.41) is 3.07. The van der Waals surface area contributed by atoms with Gasteiger partial charge in [0.25, 0.3) is 0 Å². The molecule has 0 bridgehead atoms. The van der Waals surface area contributed by atoms with E-state index in [0.717, 1.165) is 47.0 Å². The monoisotopic (exact) mass is 255 g/mol. The molecule has 0 radical (unpaired) electrons. The lowest BCUT2D eigenvalue weighted by atomic mass is 10.0. The number of anilines is 1. The summed E-state index contributed by atoms with van der Waals surface area (Å²) in [6.45, 7) is 2.03. The molecule has 1 heterocycles. The molecular formula is C15H17N3O. The van der Waals surface area contributed by atoms with Crippen molar-refractivity contribution in [2.75, 3.05) is 5.32 Å². The molecule has 0 aliphatic heterocycles. The highest BCUT2D eigenvalue weighted by Gasteiger charge is 2.48.